The number of hydrogen-bond donors (Lipinski definition) is 1. The Morgan fingerprint density at radius 3 is 2.43 bits per heavy atom. The zero-order valence-corrected chi connectivity index (χ0v) is 21.1. The molecule has 0 unspecified atom stereocenters. The van der Waals surface area contributed by atoms with Gasteiger partial charge in [-0.1, -0.05) is 11.6 Å². The minimum absolute atomic E-state index is 0.0568. The molecule has 1 aromatic carbocycles. The van der Waals surface area contributed by atoms with E-state index in [1.165, 1.54) is 43.8 Å². The fourth-order valence-electron chi connectivity index (χ4n) is 3.80. The lowest BCUT2D eigenvalue weighted by atomic mass is 10.1. The summed E-state index contributed by atoms with van der Waals surface area (Å²) in [5.74, 6) is -2.50. The number of aromatic nitrogens is 4. The van der Waals surface area contributed by atoms with Gasteiger partial charge in [-0.3, -0.25) is 19.0 Å². The van der Waals surface area contributed by atoms with Crippen LogP contribution in [-0.2, 0) is 33.3 Å². The van der Waals surface area contributed by atoms with Crippen LogP contribution in [0.15, 0.2) is 24.5 Å². The zero-order valence-electron chi connectivity index (χ0n) is 19.6. The van der Waals surface area contributed by atoms with Gasteiger partial charge >= 0.3 is 17.9 Å². The highest BCUT2D eigenvalue weighted by molar-refractivity contribution is 6.30. The molecule has 2 aromatic heterocycles. The van der Waals surface area contributed by atoms with Gasteiger partial charge in [-0.15, -0.1) is 0 Å². The molecule has 1 saturated heterocycles. The third-order valence-electron chi connectivity index (χ3n) is 5.19. The van der Waals surface area contributed by atoms with Gasteiger partial charge in [-0.05, 0) is 29.8 Å². The number of ether oxygens (including phenoxy) is 4. The monoisotopic (exact) mass is 555 g/mol. The van der Waals surface area contributed by atoms with Crippen LogP contribution in [0, 0.1) is 5.82 Å². The van der Waals surface area contributed by atoms with Crippen LogP contribution in [-0.4, -0.2) is 62.3 Å². The Balaban J connectivity index is 1.75. The third kappa shape index (κ3) is 5.89. The van der Waals surface area contributed by atoms with E-state index in [1.807, 2.05) is 0 Å². The summed E-state index contributed by atoms with van der Waals surface area (Å²) in [5.41, 5.74) is 0.367. The SMILES string of the molecule is CC(=O)OC[C@H]1O[C@@H](n2cnc3c(Nc4ccc(Cl)cc4F)nc(Cl)nc32)[C@H](OC(C)=O)[C@@H]1OC(C)=O. The number of nitrogens with zero attached hydrogens (tertiary/aromatic N) is 4. The summed E-state index contributed by atoms with van der Waals surface area (Å²) in [5, 5.41) is 2.81. The van der Waals surface area contributed by atoms with Gasteiger partial charge in [0, 0.05) is 25.8 Å². The van der Waals surface area contributed by atoms with Crippen molar-refractivity contribution < 1.29 is 37.7 Å². The second kappa shape index (κ2) is 10.8. The highest BCUT2D eigenvalue weighted by atomic mass is 35.5. The molecule has 3 heterocycles. The first-order valence-electron chi connectivity index (χ1n) is 10.8. The summed E-state index contributed by atoms with van der Waals surface area (Å²) in [6.45, 7) is 3.27. The Morgan fingerprint density at radius 2 is 1.78 bits per heavy atom. The van der Waals surface area contributed by atoms with E-state index < -0.39 is 48.3 Å². The normalized spacial score (nSPS) is 21.0. The van der Waals surface area contributed by atoms with Crippen LogP contribution in [0.25, 0.3) is 11.2 Å². The summed E-state index contributed by atoms with van der Waals surface area (Å²) in [6, 6.07) is 4.02. The molecule has 15 heteroatoms. The molecule has 1 N–H and O–H groups in total. The quantitative estimate of drug-likeness (QED) is 0.260. The molecule has 0 radical (unpaired) electrons. The molecule has 0 bridgehead atoms. The van der Waals surface area contributed by atoms with E-state index in [0.717, 1.165) is 6.07 Å². The van der Waals surface area contributed by atoms with E-state index in [9.17, 15) is 18.8 Å². The second-order valence-electron chi connectivity index (χ2n) is 7.93. The van der Waals surface area contributed by atoms with E-state index in [-0.39, 0.29) is 39.6 Å². The molecule has 196 valence electrons. The summed E-state index contributed by atoms with van der Waals surface area (Å²) in [4.78, 5) is 47.7. The molecule has 0 amide bonds. The van der Waals surface area contributed by atoms with Crippen LogP contribution in [0.3, 0.4) is 0 Å². The van der Waals surface area contributed by atoms with Crippen LogP contribution < -0.4 is 5.32 Å². The first-order chi connectivity index (χ1) is 17.5. The van der Waals surface area contributed by atoms with Crippen LogP contribution in [0.1, 0.15) is 27.0 Å². The Bertz CT molecular complexity index is 1370. The van der Waals surface area contributed by atoms with Crippen molar-refractivity contribution in [3.63, 3.8) is 0 Å². The molecule has 0 spiro atoms. The van der Waals surface area contributed by atoms with E-state index in [1.54, 1.807) is 0 Å². The van der Waals surface area contributed by atoms with Crippen LogP contribution >= 0.6 is 23.2 Å². The minimum atomic E-state index is -1.17. The highest BCUT2D eigenvalue weighted by Crippen LogP contribution is 2.37. The number of hydrogen-bond acceptors (Lipinski definition) is 11. The van der Waals surface area contributed by atoms with Crippen molar-refractivity contribution in [2.75, 3.05) is 11.9 Å². The second-order valence-corrected chi connectivity index (χ2v) is 8.70. The number of esters is 3. The van der Waals surface area contributed by atoms with Crippen LogP contribution in [0.2, 0.25) is 10.3 Å². The highest BCUT2D eigenvalue weighted by Gasteiger charge is 2.51. The van der Waals surface area contributed by atoms with Crippen molar-refractivity contribution in [2.24, 2.45) is 0 Å². The Morgan fingerprint density at radius 1 is 1.08 bits per heavy atom. The molecule has 1 aliphatic heterocycles. The number of nitrogens with one attached hydrogen (secondary N) is 1. The van der Waals surface area contributed by atoms with Gasteiger partial charge in [0.05, 0.1) is 12.0 Å². The number of carbonyl (C=O) groups excluding carboxylic acids is 3. The van der Waals surface area contributed by atoms with E-state index in [2.05, 4.69) is 20.3 Å². The largest absolute Gasteiger partial charge is 0.463 e. The fourth-order valence-corrected chi connectivity index (χ4v) is 4.12. The molecule has 0 saturated carbocycles. The van der Waals surface area contributed by atoms with Gasteiger partial charge in [0.2, 0.25) is 5.28 Å². The summed E-state index contributed by atoms with van der Waals surface area (Å²) >= 11 is 12.0. The molecule has 12 nitrogen and oxygen atoms in total. The molecule has 4 atom stereocenters. The first-order valence-corrected chi connectivity index (χ1v) is 11.5. The van der Waals surface area contributed by atoms with Crippen molar-refractivity contribution in [3.05, 3.63) is 40.6 Å². The number of anilines is 2. The van der Waals surface area contributed by atoms with Crippen LogP contribution in [0.4, 0.5) is 15.9 Å². The smallest absolute Gasteiger partial charge is 0.303 e. The number of rotatable bonds is 7. The Labute approximate surface area is 219 Å². The standard InChI is InChI=1S/C22H20Cl2FN5O7/c1-9(31)34-7-15-17(35-10(2)32)18(36-11(3)33)21(37-15)30-8-26-16-19(28-22(24)29-20(16)30)27-14-5-4-12(23)6-13(14)25/h4-6,8,15,17-18,21H,7H2,1-3H3,(H,27,28,29)/t15-,17-,18-,21-/m1/s1. The predicted molar refractivity (Wildman–Crippen MR) is 127 cm³/mol. The van der Waals surface area contributed by atoms with E-state index in [4.69, 9.17) is 42.1 Å². The molecular formula is C22H20Cl2FN5O7. The number of carbonyl (C=O) groups is 3. The maximum absolute atomic E-state index is 14.4. The molecule has 37 heavy (non-hydrogen) atoms. The molecular weight excluding hydrogens is 536 g/mol. The maximum atomic E-state index is 14.4. The molecule has 1 aliphatic rings. The third-order valence-corrected chi connectivity index (χ3v) is 5.60. The zero-order chi connectivity index (χ0) is 26.9. The predicted octanol–water partition coefficient (Wildman–Crippen LogP) is 3.34. The maximum Gasteiger partial charge on any atom is 0.303 e. The Kier molecular flexibility index (Phi) is 7.76. The average molecular weight is 556 g/mol. The van der Waals surface area contributed by atoms with Crippen molar-refractivity contribution >= 4 is 63.8 Å². The molecule has 4 rings (SSSR count). The lowest BCUT2D eigenvalue weighted by Crippen LogP contribution is -2.40. The van der Waals surface area contributed by atoms with Gasteiger partial charge in [0.1, 0.15) is 18.5 Å². The van der Waals surface area contributed by atoms with Crippen LogP contribution in [0.5, 0.6) is 0 Å². The van der Waals surface area contributed by atoms with E-state index >= 15 is 0 Å². The number of halogens is 3. The molecule has 3 aromatic rings. The summed E-state index contributed by atoms with van der Waals surface area (Å²) in [6.07, 6.45) is -3.08. The number of imidazole rings is 1. The van der Waals surface area contributed by atoms with Gasteiger partial charge < -0.3 is 24.3 Å². The van der Waals surface area contributed by atoms with Gasteiger partial charge in [-0.2, -0.15) is 9.97 Å². The van der Waals surface area contributed by atoms with E-state index in [0.29, 0.717) is 0 Å². The molecule has 0 aliphatic carbocycles. The van der Waals surface area contributed by atoms with Crippen molar-refractivity contribution in [2.45, 2.75) is 45.3 Å². The van der Waals surface area contributed by atoms with Crippen molar-refractivity contribution in [3.8, 4) is 0 Å². The van der Waals surface area contributed by atoms with Crippen molar-refractivity contribution in [1.29, 1.82) is 0 Å². The fraction of sp³-hybridized carbons (Fsp3) is 0.364. The lowest BCUT2D eigenvalue weighted by molar-refractivity contribution is -0.166. The number of fused-ring (bicyclic) bond motifs is 1. The minimum Gasteiger partial charge on any atom is -0.463 e. The average Bonchev–Trinajstić information content (AvgIpc) is 3.35. The van der Waals surface area contributed by atoms with Gasteiger partial charge in [0.25, 0.3) is 0 Å². The topological polar surface area (TPSA) is 144 Å². The summed E-state index contributed by atoms with van der Waals surface area (Å²) < 4.78 is 37.7. The number of benzene rings is 1. The van der Waals surface area contributed by atoms with Gasteiger partial charge in [0.15, 0.2) is 35.4 Å². The molecule has 1 fully saturated rings. The van der Waals surface area contributed by atoms with Crippen molar-refractivity contribution in [1.82, 2.24) is 19.5 Å². The lowest BCUT2D eigenvalue weighted by Gasteiger charge is -2.23. The Hall–Kier alpha value is -3.55. The first kappa shape index (κ1) is 26.5. The summed E-state index contributed by atoms with van der Waals surface area (Å²) in [7, 11) is 0. The van der Waals surface area contributed by atoms with Gasteiger partial charge in [-0.25, -0.2) is 9.37 Å².